The number of piperidine rings is 1. The number of hydrogen-bond donors (Lipinski definition) is 1. The summed E-state index contributed by atoms with van der Waals surface area (Å²) in [5.74, 6) is 0. The molecular formula is C14H25N3OS. The number of methoxy groups -OCH3 is 1. The molecule has 1 unspecified atom stereocenters. The second-order valence-corrected chi connectivity index (χ2v) is 6.71. The van der Waals surface area contributed by atoms with E-state index in [1.807, 2.05) is 11.3 Å². The zero-order valence-corrected chi connectivity index (χ0v) is 13.3. The van der Waals surface area contributed by atoms with Gasteiger partial charge < -0.3 is 15.0 Å². The Hall–Kier alpha value is -0.490. The molecule has 0 radical (unpaired) electrons. The molecule has 108 valence electrons. The average molecular weight is 283 g/mol. The highest BCUT2D eigenvalue weighted by Crippen LogP contribution is 2.34. The van der Waals surface area contributed by atoms with E-state index in [0.29, 0.717) is 0 Å². The van der Waals surface area contributed by atoms with E-state index in [4.69, 9.17) is 9.72 Å². The van der Waals surface area contributed by atoms with Crippen LogP contribution in [0.1, 0.15) is 28.4 Å². The van der Waals surface area contributed by atoms with Crippen molar-refractivity contribution in [2.75, 3.05) is 40.4 Å². The van der Waals surface area contributed by atoms with Gasteiger partial charge in [-0.2, -0.15) is 0 Å². The van der Waals surface area contributed by atoms with Crippen LogP contribution in [0.2, 0.25) is 0 Å². The van der Waals surface area contributed by atoms with Crippen molar-refractivity contribution in [2.24, 2.45) is 0 Å². The van der Waals surface area contributed by atoms with Gasteiger partial charge in [-0.3, -0.25) is 0 Å². The fourth-order valence-corrected chi connectivity index (χ4v) is 3.83. The van der Waals surface area contributed by atoms with Crippen molar-refractivity contribution in [1.29, 1.82) is 0 Å². The van der Waals surface area contributed by atoms with Crippen molar-refractivity contribution in [3.63, 3.8) is 0 Å². The van der Waals surface area contributed by atoms with Gasteiger partial charge in [0.2, 0.25) is 0 Å². The minimum atomic E-state index is 0.00914. The molecular weight excluding hydrogens is 258 g/mol. The van der Waals surface area contributed by atoms with Gasteiger partial charge in [-0.25, -0.2) is 4.98 Å². The summed E-state index contributed by atoms with van der Waals surface area (Å²) in [6.45, 7) is 8.09. The topological polar surface area (TPSA) is 37.4 Å². The Morgan fingerprint density at radius 2 is 2.26 bits per heavy atom. The summed E-state index contributed by atoms with van der Waals surface area (Å²) in [5.41, 5.74) is 1.18. The van der Waals surface area contributed by atoms with Crippen molar-refractivity contribution in [1.82, 2.24) is 15.2 Å². The summed E-state index contributed by atoms with van der Waals surface area (Å²) in [7, 11) is 3.94. The van der Waals surface area contributed by atoms with E-state index in [1.165, 1.54) is 28.5 Å². The van der Waals surface area contributed by atoms with Gasteiger partial charge in [0, 0.05) is 25.1 Å². The molecule has 1 fully saturated rings. The summed E-state index contributed by atoms with van der Waals surface area (Å²) in [6.07, 6.45) is 2.38. The van der Waals surface area contributed by atoms with E-state index in [9.17, 15) is 0 Å². The van der Waals surface area contributed by atoms with Crippen LogP contribution in [-0.4, -0.2) is 50.3 Å². The molecule has 0 aliphatic carbocycles. The van der Waals surface area contributed by atoms with E-state index < -0.39 is 0 Å². The van der Waals surface area contributed by atoms with Crippen molar-refractivity contribution in [3.8, 4) is 0 Å². The Labute approximate surface area is 120 Å². The summed E-state index contributed by atoms with van der Waals surface area (Å²) in [5, 5.41) is 4.95. The van der Waals surface area contributed by atoms with Crippen LogP contribution < -0.4 is 5.32 Å². The molecule has 19 heavy (non-hydrogen) atoms. The van der Waals surface area contributed by atoms with E-state index in [2.05, 4.69) is 31.1 Å². The Kier molecular flexibility index (Phi) is 4.95. The van der Waals surface area contributed by atoms with Crippen molar-refractivity contribution in [2.45, 2.75) is 32.2 Å². The van der Waals surface area contributed by atoms with Crippen LogP contribution in [0.4, 0.5) is 0 Å². The molecule has 1 saturated heterocycles. The van der Waals surface area contributed by atoms with Crippen LogP contribution >= 0.6 is 11.3 Å². The predicted octanol–water partition coefficient (Wildman–Crippen LogP) is 1.92. The number of likely N-dealkylation sites (tertiary alicyclic amines) is 1. The van der Waals surface area contributed by atoms with Crippen LogP contribution in [-0.2, 0) is 10.3 Å². The second-order valence-electron chi connectivity index (χ2n) is 5.50. The Bertz CT molecular complexity index is 401. The lowest BCUT2D eigenvalue weighted by molar-refractivity contribution is 0.125. The van der Waals surface area contributed by atoms with Crippen molar-refractivity contribution >= 4 is 11.3 Å². The zero-order chi connectivity index (χ0) is 13.9. The fourth-order valence-electron chi connectivity index (χ4n) is 2.73. The fraction of sp³-hybridized carbons (Fsp3) is 0.786. The van der Waals surface area contributed by atoms with E-state index >= 15 is 0 Å². The minimum Gasteiger partial charge on any atom is -0.383 e. The van der Waals surface area contributed by atoms with E-state index in [-0.39, 0.29) is 5.54 Å². The van der Waals surface area contributed by atoms with Crippen molar-refractivity contribution < 1.29 is 4.74 Å². The molecule has 1 aliphatic rings. The van der Waals surface area contributed by atoms with Crippen LogP contribution in [0.3, 0.4) is 0 Å². The molecule has 5 heteroatoms. The molecule has 0 saturated carbocycles. The number of nitrogens with one attached hydrogen (secondary N) is 1. The van der Waals surface area contributed by atoms with Gasteiger partial charge in [-0.15, -0.1) is 11.3 Å². The lowest BCUT2D eigenvalue weighted by atomic mass is 9.89. The van der Waals surface area contributed by atoms with E-state index in [0.717, 1.165) is 26.1 Å². The number of nitrogens with zero attached hydrogens (tertiary/aromatic N) is 2. The summed E-state index contributed by atoms with van der Waals surface area (Å²) < 4.78 is 5.18. The first-order valence-corrected chi connectivity index (χ1v) is 7.76. The molecule has 1 aromatic heterocycles. The third-order valence-electron chi connectivity index (χ3n) is 3.89. The first-order valence-electron chi connectivity index (χ1n) is 6.94. The van der Waals surface area contributed by atoms with Crippen LogP contribution in [0, 0.1) is 13.8 Å². The number of aryl methyl sites for hydroxylation is 2. The molecule has 0 amide bonds. The molecule has 1 atom stereocenters. The van der Waals surface area contributed by atoms with Crippen LogP contribution in [0.5, 0.6) is 0 Å². The highest BCUT2D eigenvalue weighted by molar-refractivity contribution is 7.11. The number of rotatable bonds is 5. The summed E-state index contributed by atoms with van der Waals surface area (Å²) in [6, 6.07) is 0. The molecule has 0 bridgehead atoms. The molecule has 2 rings (SSSR count). The number of thiazole rings is 1. The number of hydrogen-bond acceptors (Lipinski definition) is 5. The molecule has 0 spiro atoms. The molecule has 0 aromatic carbocycles. The maximum Gasteiger partial charge on any atom is 0.115 e. The second kappa shape index (κ2) is 6.31. The maximum absolute atomic E-state index is 5.18. The Morgan fingerprint density at radius 3 is 2.84 bits per heavy atom. The van der Waals surface area contributed by atoms with Gasteiger partial charge in [-0.05, 0) is 40.3 Å². The Morgan fingerprint density at radius 1 is 1.47 bits per heavy atom. The molecule has 1 N–H and O–H groups in total. The van der Waals surface area contributed by atoms with Crippen molar-refractivity contribution in [3.05, 3.63) is 15.6 Å². The number of likely N-dealkylation sites (N-methyl/N-ethyl adjacent to an activating group) is 1. The van der Waals surface area contributed by atoms with Gasteiger partial charge in [0.1, 0.15) is 5.01 Å². The van der Waals surface area contributed by atoms with Crippen LogP contribution in [0.15, 0.2) is 0 Å². The number of ether oxygens (including phenoxy) is 1. The predicted molar refractivity (Wildman–Crippen MR) is 79.9 cm³/mol. The quantitative estimate of drug-likeness (QED) is 0.838. The highest BCUT2D eigenvalue weighted by Gasteiger charge is 2.38. The third-order valence-corrected chi connectivity index (χ3v) is 5.17. The largest absolute Gasteiger partial charge is 0.383 e. The van der Waals surface area contributed by atoms with Gasteiger partial charge in [-0.1, -0.05) is 0 Å². The normalized spacial score (nSPS) is 24.8. The molecule has 1 aromatic rings. The minimum absolute atomic E-state index is 0.00914. The first-order chi connectivity index (χ1) is 9.07. The highest BCUT2D eigenvalue weighted by atomic mass is 32.1. The zero-order valence-electron chi connectivity index (χ0n) is 12.5. The van der Waals surface area contributed by atoms with Gasteiger partial charge in [0.15, 0.2) is 0 Å². The van der Waals surface area contributed by atoms with Gasteiger partial charge in [0.05, 0.1) is 17.8 Å². The van der Waals surface area contributed by atoms with Crippen LogP contribution in [0.25, 0.3) is 0 Å². The SMILES string of the molecule is COCCNC1(c2nc(C)c(C)s2)CCCN(C)C1. The number of aromatic nitrogens is 1. The summed E-state index contributed by atoms with van der Waals surface area (Å²) in [4.78, 5) is 8.54. The smallest absolute Gasteiger partial charge is 0.115 e. The Balaban J connectivity index is 2.22. The lowest BCUT2D eigenvalue weighted by Gasteiger charge is -2.41. The van der Waals surface area contributed by atoms with E-state index in [1.54, 1.807) is 7.11 Å². The van der Waals surface area contributed by atoms with Gasteiger partial charge in [0.25, 0.3) is 0 Å². The first kappa shape index (κ1) is 14.9. The standard InChI is InChI=1S/C14H25N3OS/c1-11-12(2)19-13(16-11)14(15-7-9-18-4)6-5-8-17(3)10-14/h15H,5-10H2,1-4H3. The molecule has 1 aliphatic heterocycles. The third kappa shape index (κ3) is 3.34. The summed E-state index contributed by atoms with van der Waals surface area (Å²) >= 11 is 1.84. The molecule has 2 heterocycles. The van der Waals surface area contributed by atoms with Gasteiger partial charge >= 0.3 is 0 Å². The average Bonchev–Trinajstić information content (AvgIpc) is 2.71. The maximum atomic E-state index is 5.18. The molecule has 4 nitrogen and oxygen atoms in total. The lowest BCUT2D eigenvalue weighted by Crippen LogP contribution is -2.54. The monoisotopic (exact) mass is 283 g/mol.